The fourth-order valence-corrected chi connectivity index (χ4v) is 3.34. The van der Waals surface area contributed by atoms with E-state index in [4.69, 9.17) is 4.74 Å². The van der Waals surface area contributed by atoms with Crippen LogP contribution in [-0.4, -0.2) is 49.2 Å². The Morgan fingerprint density at radius 3 is 2.37 bits per heavy atom. The van der Waals surface area contributed by atoms with Crippen molar-refractivity contribution in [3.8, 4) is 0 Å². The first-order chi connectivity index (χ1) is 9.26. The van der Waals surface area contributed by atoms with Crippen LogP contribution in [0.15, 0.2) is 30.3 Å². The molecule has 2 fully saturated rings. The lowest BCUT2D eigenvalue weighted by Gasteiger charge is -2.20. The summed E-state index contributed by atoms with van der Waals surface area (Å²) in [6.07, 6.45) is -0.177. The van der Waals surface area contributed by atoms with Crippen LogP contribution in [0.1, 0.15) is 5.56 Å². The van der Waals surface area contributed by atoms with Crippen molar-refractivity contribution in [2.75, 3.05) is 33.3 Å². The Hall–Kier alpha value is -1.55. The predicted molar refractivity (Wildman–Crippen MR) is 72.7 cm³/mol. The maximum absolute atomic E-state index is 11.5. The second kappa shape index (κ2) is 5.21. The van der Waals surface area contributed by atoms with Crippen molar-refractivity contribution in [3.05, 3.63) is 35.9 Å². The molecule has 0 bridgehead atoms. The van der Waals surface area contributed by atoms with Gasteiger partial charge in [0, 0.05) is 32.7 Å². The maximum Gasteiger partial charge on any atom is 0.409 e. The number of methoxy groups -OCH3 is 1. The molecule has 4 nitrogen and oxygen atoms in total. The third-order valence-electron chi connectivity index (χ3n) is 4.24. The molecule has 1 aromatic carbocycles. The summed E-state index contributed by atoms with van der Waals surface area (Å²) in [5.74, 6) is 1.23. The second-order valence-corrected chi connectivity index (χ2v) is 5.57. The first kappa shape index (κ1) is 12.5. The largest absolute Gasteiger partial charge is 0.453 e. The van der Waals surface area contributed by atoms with E-state index in [9.17, 15) is 4.79 Å². The second-order valence-electron chi connectivity index (χ2n) is 5.57. The summed E-state index contributed by atoms with van der Waals surface area (Å²) in [5.41, 5.74) is 1.37. The Balaban J connectivity index is 1.55. The number of nitrogens with zero attached hydrogens (tertiary/aromatic N) is 2. The molecule has 19 heavy (non-hydrogen) atoms. The highest BCUT2D eigenvalue weighted by atomic mass is 16.5. The van der Waals surface area contributed by atoms with Crippen molar-refractivity contribution in [3.63, 3.8) is 0 Å². The van der Waals surface area contributed by atoms with Gasteiger partial charge >= 0.3 is 6.09 Å². The van der Waals surface area contributed by atoms with Crippen LogP contribution >= 0.6 is 0 Å². The normalized spacial score (nSPS) is 26.5. The third kappa shape index (κ3) is 2.59. The molecule has 2 aliphatic rings. The zero-order chi connectivity index (χ0) is 13.2. The molecule has 2 aliphatic heterocycles. The number of fused-ring (bicyclic) bond motifs is 1. The summed E-state index contributed by atoms with van der Waals surface area (Å²) >= 11 is 0. The predicted octanol–water partition coefficient (Wildman–Crippen LogP) is 1.82. The van der Waals surface area contributed by atoms with Gasteiger partial charge in [0.15, 0.2) is 0 Å². The molecule has 2 heterocycles. The number of ether oxygens (including phenoxy) is 1. The highest BCUT2D eigenvalue weighted by Crippen LogP contribution is 2.32. The Morgan fingerprint density at radius 1 is 1.16 bits per heavy atom. The van der Waals surface area contributed by atoms with Crippen molar-refractivity contribution in [2.45, 2.75) is 6.54 Å². The molecular formula is C15H20N2O2. The van der Waals surface area contributed by atoms with Gasteiger partial charge in [0.2, 0.25) is 0 Å². The van der Waals surface area contributed by atoms with Gasteiger partial charge in [-0.05, 0) is 17.4 Å². The van der Waals surface area contributed by atoms with Crippen LogP contribution in [-0.2, 0) is 11.3 Å². The molecule has 0 aliphatic carbocycles. The number of likely N-dealkylation sites (tertiary alicyclic amines) is 2. The summed E-state index contributed by atoms with van der Waals surface area (Å²) in [4.78, 5) is 15.8. The molecule has 0 N–H and O–H groups in total. The molecule has 3 rings (SSSR count). The molecule has 0 saturated carbocycles. The number of benzene rings is 1. The fourth-order valence-electron chi connectivity index (χ4n) is 3.34. The zero-order valence-electron chi connectivity index (χ0n) is 11.3. The minimum Gasteiger partial charge on any atom is -0.453 e. The van der Waals surface area contributed by atoms with Crippen LogP contribution in [0.2, 0.25) is 0 Å². The molecule has 2 atom stereocenters. The molecule has 1 amide bonds. The van der Waals surface area contributed by atoms with Gasteiger partial charge in [0.1, 0.15) is 0 Å². The van der Waals surface area contributed by atoms with Crippen molar-refractivity contribution >= 4 is 6.09 Å². The van der Waals surface area contributed by atoms with Crippen LogP contribution in [0.5, 0.6) is 0 Å². The molecule has 0 spiro atoms. The first-order valence-electron chi connectivity index (χ1n) is 6.85. The van der Waals surface area contributed by atoms with Crippen LogP contribution in [0.25, 0.3) is 0 Å². The molecule has 2 saturated heterocycles. The van der Waals surface area contributed by atoms with E-state index in [0.29, 0.717) is 11.8 Å². The fraction of sp³-hybridized carbons (Fsp3) is 0.533. The Bertz CT molecular complexity index is 435. The summed E-state index contributed by atoms with van der Waals surface area (Å²) in [5, 5.41) is 0. The standard InChI is InChI=1S/C15H20N2O2/c1-19-15(18)17-10-13-8-16(9-14(13)11-17)7-12-5-3-2-4-6-12/h2-6,13-14H,7-11H2,1H3. The van der Waals surface area contributed by atoms with E-state index >= 15 is 0 Å². The van der Waals surface area contributed by atoms with Crippen LogP contribution in [0.4, 0.5) is 4.79 Å². The third-order valence-corrected chi connectivity index (χ3v) is 4.24. The number of hydrogen-bond donors (Lipinski definition) is 0. The summed E-state index contributed by atoms with van der Waals surface area (Å²) in [6, 6.07) is 10.6. The minimum atomic E-state index is -0.177. The van der Waals surface area contributed by atoms with Gasteiger partial charge in [-0.3, -0.25) is 4.90 Å². The first-order valence-corrected chi connectivity index (χ1v) is 6.85. The molecule has 0 aromatic heterocycles. The van der Waals surface area contributed by atoms with Crippen molar-refractivity contribution in [1.29, 1.82) is 0 Å². The molecule has 1 aromatic rings. The summed E-state index contributed by atoms with van der Waals surface area (Å²) in [6.45, 7) is 4.90. The SMILES string of the molecule is COC(=O)N1CC2CN(Cc3ccccc3)CC2C1. The van der Waals surface area contributed by atoms with E-state index in [2.05, 4.69) is 35.2 Å². The highest BCUT2D eigenvalue weighted by Gasteiger charge is 2.41. The average Bonchev–Trinajstić information content (AvgIpc) is 2.97. The zero-order valence-corrected chi connectivity index (χ0v) is 11.3. The Morgan fingerprint density at radius 2 is 1.79 bits per heavy atom. The van der Waals surface area contributed by atoms with E-state index in [1.165, 1.54) is 12.7 Å². The van der Waals surface area contributed by atoms with Crippen molar-refractivity contribution in [1.82, 2.24) is 9.80 Å². The monoisotopic (exact) mass is 260 g/mol. The molecule has 4 heteroatoms. The number of carbonyl (C=O) groups excluding carboxylic acids is 1. The summed E-state index contributed by atoms with van der Waals surface area (Å²) < 4.78 is 4.80. The lowest BCUT2D eigenvalue weighted by Crippen LogP contribution is -2.32. The van der Waals surface area contributed by atoms with Gasteiger partial charge in [0.05, 0.1) is 7.11 Å². The smallest absolute Gasteiger partial charge is 0.409 e. The highest BCUT2D eigenvalue weighted by molar-refractivity contribution is 5.67. The molecular weight excluding hydrogens is 240 g/mol. The van der Waals surface area contributed by atoms with Gasteiger partial charge in [0.25, 0.3) is 0 Å². The van der Waals surface area contributed by atoms with Crippen LogP contribution < -0.4 is 0 Å². The minimum absolute atomic E-state index is 0.177. The Labute approximate surface area is 113 Å². The van der Waals surface area contributed by atoms with E-state index in [1.54, 1.807) is 0 Å². The lowest BCUT2D eigenvalue weighted by molar-refractivity contribution is 0.127. The number of hydrogen-bond acceptors (Lipinski definition) is 3. The van der Waals surface area contributed by atoms with E-state index in [0.717, 1.165) is 32.7 Å². The van der Waals surface area contributed by atoms with E-state index in [1.807, 2.05) is 4.90 Å². The van der Waals surface area contributed by atoms with Crippen LogP contribution in [0.3, 0.4) is 0 Å². The van der Waals surface area contributed by atoms with Crippen molar-refractivity contribution < 1.29 is 9.53 Å². The quantitative estimate of drug-likeness (QED) is 0.813. The van der Waals surface area contributed by atoms with Gasteiger partial charge in [-0.2, -0.15) is 0 Å². The van der Waals surface area contributed by atoms with Crippen LogP contribution in [0, 0.1) is 11.8 Å². The summed E-state index contributed by atoms with van der Waals surface area (Å²) in [7, 11) is 1.46. The number of carbonyl (C=O) groups is 1. The van der Waals surface area contributed by atoms with E-state index < -0.39 is 0 Å². The van der Waals surface area contributed by atoms with Crippen molar-refractivity contribution in [2.24, 2.45) is 11.8 Å². The van der Waals surface area contributed by atoms with Gasteiger partial charge in [-0.25, -0.2) is 4.79 Å². The van der Waals surface area contributed by atoms with Gasteiger partial charge in [-0.15, -0.1) is 0 Å². The maximum atomic E-state index is 11.5. The Kier molecular flexibility index (Phi) is 3.42. The molecule has 102 valence electrons. The molecule has 2 unspecified atom stereocenters. The average molecular weight is 260 g/mol. The number of rotatable bonds is 2. The number of amides is 1. The topological polar surface area (TPSA) is 32.8 Å². The van der Waals surface area contributed by atoms with Gasteiger partial charge in [-0.1, -0.05) is 30.3 Å². The molecule has 0 radical (unpaired) electrons. The lowest BCUT2D eigenvalue weighted by atomic mass is 10.0. The van der Waals surface area contributed by atoms with E-state index in [-0.39, 0.29) is 6.09 Å². The van der Waals surface area contributed by atoms with Gasteiger partial charge < -0.3 is 9.64 Å².